The van der Waals surface area contributed by atoms with Gasteiger partial charge < -0.3 is 24.6 Å². The number of pyridine rings is 1. The van der Waals surface area contributed by atoms with Gasteiger partial charge in [-0.25, -0.2) is 0 Å². The molecular formula is C28H38N4O4Si. The molecule has 9 heteroatoms. The van der Waals surface area contributed by atoms with Crippen molar-refractivity contribution in [2.75, 3.05) is 13.7 Å². The number of hydrogen-bond donors (Lipinski definition) is 3. The quantitative estimate of drug-likeness (QED) is 0.365. The highest BCUT2D eigenvalue weighted by Crippen LogP contribution is 2.38. The molecule has 198 valence electrons. The fourth-order valence-electron chi connectivity index (χ4n) is 4.32. The fourth-order valence-corrected chi connectivity index (χ4v) is 5.38. The van der Waals surface area contributed by atoms with E-state index >= 15 is 0 Å². The molecular weight excluding hydrogens is 484 g/mol. The SMILES string of the molecule is CNC(=O)c1cc(C(=O)N[C@@H]2C[C@H]2CCO[Si](C)(C)C(C)(C)C)cn(Cc2cccc3[nH]ccc23)c1=O. The first-order valence-corrected chi connectivity index (χ1v) is 15.8. The molecule has 8 nitrogen and oxygen atoms in total. The summed E-state index contributed by atoms with van der Waals surface area (Å²) in [5, 5.41) is 6.76. The van der Waals surface area contributed by atoms with Crippen molar-refractivity contribution in [3.05, 3.63) is 69.8 Å². The van der Waals surface area contributed by atoms with E-state index in [0.29, 0.717) is 18.1 Å². The molecule has 2 heterocycles. The molecule has 0 radical (unpaired) electrons. The minimum Gasteiger partial charge on any atom is -0.417 e. The topological polar surface area (TPSA) is 105 Å². The van der Waals surface area contributed by atoms with Crippen molar-refractivity contribution in [1.29, 1.82) is 0 Å². The number of carbonyl (C=O) groups excluding carboxylic acids is 2. The van der Waals surface area contributed by atoms with Crippen LogP contribution in [0.1, 0.15) is 59.9 Å². The molecule has 1 fully saturated rings. The third kappa shape index (κ3) is 5.88. The number of rotatable bonds is 9. The van der Waals surface area contributed by atoms with Crippen molar-refractivity contribution < 1.29 is 14.0 Å². The molecule has 0 spiro atoms. The molecule has 0 saturated heterocycles. The molecule has 0 bridgehead atoms. The van der Waals surface area contributed by atoms with E-state index in [2.05, 4.69) is 49.5 Å². The van der Waals surface area contributed by atoms with Crippen molar-refractivity contribution in [3.8, 4) is 0 Å². The predicted octanol–water partition coefficient (Wildman–Crippen LogP) is 4.27. The maximum absolute atomic E-state index is 13.2. The van der Waals surface area contributed by atoms with E-state index in [4.69, 9.17) is 4.43 Å². The summed E-state index contributed by atoms with van der Waals surface area (Å²) in [7, 11) is -0.315. The lowest BCUT2D eigenvalue weighted by atomic mass is 10.1. The van der Waals surface area contributed by atoms with E-state index in [-0.39, 0.29) is 29.1 Å². The maximum Gasteiger partial charge on any atom is 0.263 e. The van der Waals surface area contributed by atoms with Gasteiger partial charge in [0.1, 0.15) is 5.56 Å². The Bertz CT molecular complexity index is 1370. The zero-order valence-corrected chi connectivity index (χ0v) is 23.6. The molecule has 37 heavy (non-hydrogen) atoms. The Balaban J connectivity index is 1.47. The van der Waals surface area contributed by atoms with Gasteiger partial charge in [0.25, 0.3) is 17.4 Å². The largest absolute Gasteiger partial charge is 0.417 e. The second kappa shape index (κ2) is 10.3. The van der Waals surface area contributed by atoms with Crippen LogP contribution >= 0.6 is 0 Å². The van der Waals surface area contributed by atoms with E-state index in [1.807, 2.05) is 30.5 Å². The average molecular weight is 523 g/mol. The number of fused-ring (bicyclic) bond motifs is 1. The molecule has 0 unspecified atom stereocenters. The van der Waals surface area contributed by atoms with Crippen LogP contribution < -0.4 is 16.2 Å². The van der Waals surface area contributed by atoms with Gasteiger partial charge in [-0.1, -0.05) is 32.9 Å². The van der Waals surface area contributed by atoms with Gasteiger partial charge in [-0.3, -0.25) is 14.4 Å². The summed E-state index contributed by atoms with van der Waals surface area (Å²) in [6.45, 7) is 12.1. The Morgan fingerprint density at radius 1 is 1.19 bits per heavy atom. The second-order valence-corrected chi connectivity index (χ2v) is 16.3. The number of H-pyrrole nitrogens is 1. The van der Waals surface area contributed by atoms with E-state index in [0.717, 1.165) is 29.3 Å². The standard InChI is InChI=1S/C28H38N4O4Si/c1-28(2,3)37(5,6)36-13-11-18-15-24(18)31-25(33)20-14-22(26(34)29-4)27(35)32(17-20)16-19-8-7-9-23-21(19)10-12-30-23/h7-10,12,14,17-18,24,30H,11,13,15-16H2,1-6H3,(H,29,34)(H,31,33)/t18-,24-/m1/s1. The van der Waals surface area contributed by atoms with Crippen molar-refractivity contribution in [1.82, 2.24) is 20.2 Å². The molecule has 3 N–H and O–H groups in total. The van der Waals surface area contributed by atoms with Gasteiger partial charge in [0.15, 0.2) is 8.32 Å². The normalized spacial score (nSPS) is 17.6. The average Bonchev–Trinajstić information content (AvgIpc) is 3.36. The molecule has 4 rings (SSSR count). The number of nitrogens with zero attached hydrogens (tertiary/aromatic N) is 1. The third-order valence-electron chi connectivity index (χ3n) is 7.84. The van der Waals surface area contributed by atoms with Gasteiger partial charge >= 0.3 is 0 Å². The molecule has 1 saturated carbocycles. The summed E-state index contributed by atoms with van der Waals surface area (Å²) >= 11 is 0. The number of benzene rings is 1. The van der Waals surface area contributed by atoms with Crippen LogP contribution in [0, 0.1) is 5.92 Å². The zero-order chi connectivity index (χ0) is 27.0. The lowest BCUT2D eigenvalue weighted by molar-refractivity contribution is 0.0947. The van der Waals surface area contributed by atoms with Crippen molar-refractivity contribution in [2.45, 2.75) is 64.3 Å². The highest BCUT2D eigenvalue weighted by atomic mass is 28.4. The minimum absolute atomic E-state index is 0.0495. The Morgan fingerprint density at radius 3 is 2.65 bits per heavy atom. The first-order chi connectivity index (χ1) is 17.4. The highest BCUT2D eigenvalue weighted by Gasteiger charge is 2.40. The van der Waals surface area contributed by atoms with Gasteiger partial charge in [0, 0.05) is 43.0 Å². The summed E-state index contributed by atoms with van der Waals surface area (Å²) < 4.78 is 7.73. The lowest BCUT2D eigenvalue weighted by Crippen LogP contribution is -2.41. The van der Waals surface area contributed by atoms with E-state index in [1.54, 1.807) is 6.20 Å². The van der Waals surface area contributed by atoms with Crippen LogP contribution in [0.5, 0.6) is 0 Å². The van der Waals surface area contributed by atoms with Crippen molar-refractivity contribution in [2.24, 2.45) is 5.92 Å². The van der Waals surface area contributed by atoms with Crippen LogP contribution in [0.4, 0.5) is 0 Å². The molecule has 0 aliphatic heterocycles. The number of aromatic nitrogens is 2. The van der Waals surface area contributed by atoms with Gasteiger partial charge in [-0.2, -0.15) is 0 Å². The molecule has 1 aliphatic rings. The molecule has 2 aromatic heterocycles. The molecule has 2 amide bonds. The Morgan fingerprint density at radius 2 is 1.95 bits per heavy atom. The van der Waals surface area contributed by atoms with Crippen LogP contribution in [-0.4, -0.2) is 49.4 Å². The summed E-state index contributed by atoms with van der Waals surface area (Å²) in [5.74, 6) is -0.416. The number of aromatic amines is 1. The van der Waals surface area contributed by atoms with Crippen LogP contribution in [0.25, 0.3) is 10.9 Å². The molecule has 1 aromatic carbocycles. The number of carbonyl (C=O) groups is 2. The summed E-state index contributed by atoms with van der Waals surface area (Å²) in [5.41, 5.74) is 1.69. The summed E-state index contributed by atoms with van der Waals surface area (Å²) in [4.78, 5) is 41.9. The maximum atomic E-state index is 13.2. The smallest absolute Gasteiger partial charge is 0.263 e. The Kier molecular flexibility index (Phi) is 7.48. The van der Waals surface area contributed by atoms with Crippen LogP contribution in [0.3, 0.4) is 0 Å². The van der Waals surface area contributed by atoms with Gasteiger partial charge in [0.2, 0.25) is 0 Å². The zero-order valence-electron chi connectivity index (χ0n) is 22.6. The monoisotopic (exact) mass is 522 g/mol. The first-order valence-electron chi connectivity index (χ1n) is 12.9. The van der Waals surface area contributed by atoms with Gasteiger partial charge in [-0.15, -0.1) is 0 Å². The first kappa shape index (κ1) is 26.9. The summed E-state index contributed by atoms with van der Waals surface area (Å²) in [6, 6.07) is 9.24. The van der Waals surface area contributed by atoms with Gasteiger partial charge in [-0.05, 0) is 60.7 Å². The minimum atomic E-state index is -1.79. The molecule has 3 aromatic rings. The van der Waals surface area contributed by atoms with E-state index in [9.17, 15) is 14.4 Å². The molecule has 2 atom stereocenters. The van der Waals surface area contributed by atoms with E-state index in [1.165, 1.54) is 17.7 Å². The molecule has 1 aliphatic carbocycles. The summed E-state index contributed by atoms with van der Waals surface area (Å²) in [6.07, 6.45) is 5.21. The van der Waals surface area contributed by atoms with Crippen LogP contribution in [0.15, 0.2) is 47.5 Å². The van der Waals surface area contributed by atoms with Crippen LogP contribution in [0.2, 0.25) is 18.1 Å². The number of nitrogens with one attached hydrogen (secondary N) is 3. The fraction of sp³-hybridized carbons (Fsp3) is 0.464. The van der Waals surface area contributed by atoms with Crippen LogP contribution in [-0.2, 0) is 11.0 Å². The Labute approximate surface area is 218 Å². The van der Waals surface area contributed by atoms with Crippen molar-refractivity contribution >= 4 is 31.0 Å². The van der Waals surface area contributed by atoms with Crippen molar-refractivity contribution in [3.63, 3.8) is 0 Å². The predicted molar refractivity (Wildman–Crippen MR) is 149 cm³/mol. The lowest BCUT2D eigenvalue weighted by Gasteiger charge is -2.36. The second-order valence-electron chi connectivity index (χ2n) is 11.5. The van der Waals surface area contributed by atoms with Gasteiger partial charge in [0.05, 0.1) is 12.1 Å². The number of hydrogen-bond acceptors (Lipinski definition) is 4. The van der Waals surface area contributed by atoms with E-state index < -0.39 is 19.8 Å². The third-order valence-corrected chi connectivity index (χ3v) is 12.4. The highest BCUT2D eigenvalue weighted by molar-refractivity contribution is 6.74. The Hall–Kier alpha value is -3.17. The number of amides is 2.